The minimum absolute atomic E-state index is 0.114. The Balaban J connectivity index is 2.00. The van der Waals surface area contributed by atoms with Crippen LogP contribution in [-0.2, 0) is 9.53 Å². The van der Waals surface area contributed by atoms with Gasteiger partial charge in [0.15, 0.2) is 0 Å². The molecule has 7 heteroatoms. The molecule has 0 aromatic carbocycles. The predicted molar refractivity (Wildman–Crippen MR) is 70.3 cm³/mol. The zero-order valence-electron chi connectivity index (χ0n) is 11.7. The lowest BCUT2D eigenvalue weighted by Gasteiger charge is -2.41. The summed E-state index contributed by atoms with van der Waals surface area (Å²) in [5, 5.41) is 18.4. The Labute approximate surface area is 118 Å². The van der Waals surface area contributed by atoms with E-state index in [9.17, 15) is 14.7 Å². The molecule has 2 aliphatic heterocycles. The third kappa shape index (κ3) is 3.04. The van der Waals surface area contributed by atoms with Crippen LogP contribution in [0.5, 0.6) is 0 Å². The van der Waals surface area contributed by atoms with Crippen LogP contribution >= 0.6 is 0 Å². The summed E-state index contributed by atoms with van der Waals surface area (Å²) >= 11 is 0. The molecule has 0 spiro atoms. The molecule has 2 unspecified atom stereocenters. The molecule has 20 heavy (non-hydrogen) atoms. The van der Waals surface area contributed by atoms with E-state index in [-0.39, 0.29) is 25.3 Å². The maximum Gasteiger partial charge on any atom is 0.320 e. The number of carboxylic acids is 1. The van der Waals surface area contributed by atoms with Gasteiger partial charge >= 0.3 is 12.0 Å². The van der Waals surface area contributed by atoms with E-state index >= 15 is 0 Å². The van der Waals surface area contributed by atoms with Crippen molar-refractivity contribution in [2.45, 2.75) is 25.9 Å². The average Bonchev–Trinajstić information content (AvgIpc) is 2.46. The average molecular weight is 286 g/mol. The summed E-state index contributed by atoms with van der Waals surface area (Å²) < 4.78 is 5.32. The van der Waals surface area contributed by atoms with Gasteiger partial charge in [-0.25, -0.2) is 4.79 Å². The number of aliphatic carboxylic acids is 1. The van der Waals surface area contributed by atoms with Gasteiger partial charge < -0.3 is 24.7 Å². The summed E-state index contributed by atoms with van der Waals surface area (Å²) in [4.78, 5) is 27.0. The lowest BCUT2D eigenvalue weighted by molar-refractivity contribution is -0.150. The molecule has 2 fully saturated rings. The van der Waals surface area contributed by atoms with Crippen LogP contribution in [0, 0.1) is 5.41 Å². The Morgan fingerprint density at radius 3 is 2.75 bits per heavy atom. The molecular formula is C13H22N2O5. The molecule has 2 rings (SSSR count). The first-order valence-electron chi connectivity index (χ1n) is 6.96. The normalized spacial score (nSPS) is 31.2. The van der Waals surface area contributed by atoms with Crippen LogP contribution in [0.4, 0.5) is 4.79 Å². The summed E-state index contributed by atoms with van der Waals surface area (Å²) in [6, 6.07) is -0.154. The fourth-order valence-electron chi connectivity index (χ4n) is 2.78. The van der Waals surface area contributed by atoms with Gasteiger partial charge in [0.05, 0.1) is 31.3 Å². The third-order valence-electron chi connectivity index (χ3n) is 4.10. The number of carbonyl (C=O) groups is 2. The zero-order chi connectivity index (χ0) is 14.8. The Morgan fingerprint density at radius 2 is 2.10 bits per heavy atom. The van der Waals surface area contributed by atoms with E-state index < -0.39 is 11.4 Å². The monoisotopic (exact) mass is 286 g/mol. The number of nitrogens with zero attached hydrogens (tertiary/aromatic N) is 2. The summed E-state index contributed by atoms with van der Waals surface area (Å²) in [5.41, 5.74) is -0.865. The SMILES string of the molecule is CC1(C(=O)O)CCCN(C(=O)N2CCOC(CO)C2)C1. The highest BCUT2D eigenvalue weighted by molar-refractivity contribution is 5.78. The van der Waals surface area contributed by atoms with Gasteiger partial charge in [0.1, 0.15) is 0 Å². The van der Waals surface area contributed by atoms with E-state index in [1.807, 2.05) is 0 Å². The Bertz CT molecular complexity index is 389. The molecule has 0 aromatic rings. The Hall–Kier alpha value is -1.34. The van der Waals surface area contributed by atoms with E-state index in [2.05, 4.69) is 0 Å². The van der Waals surface area contributed by atoms with Crippen LogP contribution in [0.1, 0.15) is 19.8 Å². The number of hydrogen-bond acceptors (Lipinski definition) is 4. The minimum atomic E-state index is -0.865. The number of likely N-dealkylation sites (tertiary alicyclic amines) is 1. The lowest BCUT2D eigenvalue weighted by Crippen LogP contribution is -2.56. The fourth-order valence-corrected chi connectivity index (χ4v) is 2.78. The third-order valence-corrected chi connectivity index (χ3v) is 4.10. The predicted octanol–water partition coefficient (Wildman–Crippen LogP) is -0.0138. The van der Waals surface area contributed by atoms with E-state index in [1.165, 1.54) is 0 Å². The standard InChI is InChI=1S/C13H22N2O5/c1-13(11(17)18)3-2-4-15(9-13)12(19)14-5-6-20-10(7-14)8-16/h10,16H,2-9H2,1H3,(H,17,18). The van der Waals surface area contributed by atoms with Crippen LogP contribution in [-0.4, -0.2) is 77.5 Å². The Kier molecular flexibility index (Phi) is 4.49. The molecule has 0 aliphatic carbocycles. The molecular weight excluding hydrogens is 264 g/mol. The van der Waals surface area contributed by atoms with Gasteiger partial charge in [-0.1, -0.05) is 0 Å². The van der Waals surface area contributed by atoms with Gasteiger partial charge in [0.2, 0.25) is 0 Å². The number of ether oxygens (including phenoxy) is 1. The van der Waals surface area contributed by atoms with Crippen molar-refractivity contribution in [2.75, 3.05) is 39.4 Å². The van der Waals surface area contributed by atoms with Crippen LogP contribution < -0.4 is 0 Å². The first-order valence-corrected chi connectivity index (χ1v) is 6.96. The molecule has 2 heterocycles. The van der Waals surface area contributed by atoms with Crippen molar-refractivity contribution >= 4 is 12.0 Å². The van der Waals surface area contributed by atoms with Crippen molar-refractivity contribution in [2.24, 2.45) is 5.41 Å². The van der Waals surface area contributed by atoms with Crippen molar-refractivity contribution < 1.29 is 24.5 Å². The molecule has 0 saturated carbocycles. The first-order chi connectivity index (χ1) is 9.46. The molecule has 0 radical (unpaired) electrons. The smallest absolute Gasteiger partial charge is 0.320 e. The number of carbonyl (C=O) groups excluding carboxylic acids is 1. The number of aliphatic hydroxyl groups is 1. The van der Waals surface area contributed by atoms with Crippen LogP contribution in [0.15, 0.2) is 0 Å². The van der Waals surface area contributed by atoms with E-state index in [0.29, 0.717) is 39.1 Å². The molecule has 2 aliphatic rings. The summed E-state index contributed by atoms with van der Waals surface area (Å²) in [5.74, 6) is -0.856. The van der Waals surface area contributed by atoms with Crippen molar-refractivity contribution in [3.05, 3.63) is 0 Å². The number of carboxylic acid groups (broad SMARTS) is 1. The second-order valence-corrected chi connectivity index (χ2v) is 5.79. The van der Waals surface area contributed by atoms with Gasteiger partial charge in [-0.3, -0.25) is 4.79 Å². The maximum absolute atomic E-state index is 12.4. The van der Waals surface area contributed by atoms with E-state index in [1.54, 1.807) is 16.7 Å². The highest BCUT2D eigenvalue weighted by atomic mass is 16.5. The molecule has 0 bridgehead atoms. The molecule has 2 saturated heterocycles. The molecule has 0 aromatic heterocycles. The van der Waals surface area contributed by atoms with Crippen LogP contribution in [0.2, 0.25) is 0 Å². The number of hydrogen-bond donors (Lipinski definition) is 2. The number of amides is 2. The largest absolute Gasteiger partial charge is 0.481 e. The van der Waals surface area contributed by atoms with E-state index in [4.69, 9.17) is 9.84 Å². The topological polar surface area (TPSA) is 90.3 Å². The molecule has 7 nitrogen and oxygen atoms in total. The molecule has 2 amide bonds. The molecule has 114 valence electrons. The second kappa shape index (κ2) is 5.97. The highest BCUT2D eigenvalue weighted by Crippen LogP contribution is 2.30. The maximum atomic E-state index is 12.4. The van der Waals surface area contributed by atoms with Gasteiger partial charge in [0, 0.05) is 19.6 Å². The van der Waals surface area contributed by atoms with Gasteiger partial charge in [-0.2, -0.15) is 0 Å². The van der Waals surface area contributed by atoms with Crippen LogP contribution in [0.25, 0.3) is 0 Å². The summed E-state index contributed by atoms with van der Waals surface area (Å²) in [6.07, 6.45) is 0.944. The van der Waals surface area contributed by atoms with E-state index in [0.717, 1.165) is 0 Å². The quantitative estimate of drug-likeness (QED) is 0.745. The van der Waals surface area contributed by atoms with Gasteiger partial charge in [-0.15, -0.1) is 0 Å². The lowest BCUT2D eigenvalue weighted by atomic mass is 9.82. The number of rotatable bonds is 2. The number of piperidine rings is 1. The molecule has 2 atom stereocenters. The van der Waals surface area contributed by atoms with Gasteiger partial charge in [0.25, 0.3) is 0 Å². The van der Waals surface area contributed by atoms with Gasteiger partial charge in [-0.05, 0) is 19.8 Å². The van der Waals surface area contributed by atoms with Crippen molar-refractivity contribution in [1.29, 1.82) is 0 Å². The summed E-state index contributed by atoms with van der Waals surface area (Å²) in [7, 11) is 0. The number of urea groups is 1. The summed E-state index contributed by atoms with van der Waals surface area (Å²) in [6.45, 7) is 3.64. The fraction of sp³-hybridized carbons (Fsp3) is 0.846. The zero-order valence-corrected chi connectivity index (χ0v) is 11.7. The van der Waals surface area contributed by atoms with Crippen molar-refractivity contribution in [1.82, 2.24) is 9.80 Å². The Morgan fingerprint density at radius 1 is 1.35 bits per heavy atom. The number of aliphatic hydroxyl groups excluding tert-OH is 1. The minimum Gasteiger partial charge on any atom is -0.481 e. The first kappa shape index (κ1) is 15.1. The van der Waals surface area contributed by atoms with Crippen molar-refractivity contribution in [3.8, 4) is 0 Å². The highest BCUT2D eigenvalue weighted by Gasteiger charge is 2.40. The van der Waals surface area contributed by atoms with Crippen LogP contribution in [0.3, 0.4) is 0 Å². The van der Waals surface area contributed by atoms with Crippen molar-refractivity contribution in [3.63, 3.8) is 0 Å². The number of morpholine rings is 1. The molecule has 2 N–H and O–H groups in total. The second-order valence-electron chi connectivity index (χ2n) is 5.79.